The molecule has 0 aliphatic carbocycles. The lowest BCUT2D eigenvalue weighted by molar-refractivity contribution is 0.371. The highest BCUT2D eigenvalue weighted by molar-refractivity contribution is 7.92. The fourth-order valence-electron chi connectivity index (χ4n) is 3.06. The number of nitrogens with zero attached hydrogens (tertiary/aromatic N) is 2. The average Bonchev–Trinajstić information content (AvgIpc) is 2.83. The molecule has 0 atom stereocenters. The van der Waals surface area contributed by atoms with E-state index in [0.29, 0.717) is 11.3 Å². The summed E-state index contributed by atoms with van der Waals surface area (Å²) in [5.74, 6) is -1.20. The molecule has 3 rings (SSSR count). The number of halogens is 3. The Morgan fingerprint density at radius 2 is 1.64 bits per heavy atom. The van der Waals surface area contributed by atoms with Crippen molar-refractivity contribution in [2.24, 2.45) is 0 Å². The molecule has 0 bridgehead atoms. The molecular weight excluding hydrogens is 453 g/mol. The monoisotopic (exact) mass is 474 g/mol. The first-order chi connectivity index (χ1) is 15.8. The quantitative estimate of drug-likeness (QED) is 0.386. The molecule has 0 radical (unpaired) electrons. The van der Waals surface area contributed by atoms with Crippen molar-refractivity contribution < 1.29 is 26.3 Å². The van der Waals surface area contributed by atoms with Gasteiger partial charge in [0.25, 0.3) is 10.0 Å². The maximum Gasteiger partial charge on any atom is 0.301 e. The third-order valence-corrected chi connectivity index (χ3v) is 6.58. The second-order valence-electron chi connectivity index (χ2n) is 6.84. The van der Waals surface area contributed by atoms with Gasteiger partial charge in [-0.1, -0.05) is 30.4 Å². The SMILES string of the molecule is COc1ccc(S(=O)(=O)N(CCC(F)=C(F)F)c2ccccc2C=Cc2ccncc2)cc1. The molecule has 0 aliphatic heterocycles. The highest BCUT2D eigenvalue weighted by atomic mass is 32.2. The largest absolute Gasteiger partial charge is 0.497 e. The number of aromatic nitrogens is 1. The molecule has 0 amide bonds. The first-order valence-electron chi connectivity index (χ1n) is 9.86. The summed E-state index contributed by atoms with van der Waals surface area (Å²) < 4.78 is 71.9. The highest BCUT2D eigenvalue weighted by Gasteiger charge is 2.27. The summed E-state index contributed by atoms with van der Waals surface area (Å²) in [5, 5.41) is 0. The molecule has 0 saturated heterocycles. The fourth-order valence-corrected chi connectivity index (χ4v) is 4.55. The molecule has 5 nitrogen and oxygen atoms in total. The van der Waals surface area contributed by atoms with E-state index in [9.17, 15) is 21.6 Å². The molecule has 1 heterocycles. The molecule has 3 aromatic rings. The topological polar surface area (TPSA) is 59.5 Å². The number of methoxy groups -OCH3 is 1. The fraction of sp³-hybridized carbons (Fsp3) is 0.125. The number of hydrogen-bond acceptors (Lipinski definition) is 4. The van der Waals surface area contributed by atoms with Crippen LogP contribution in [0.25, 0.3) is 12.2 Å². The Bertz CT molecular complexity index is 1240. The van der Waals surface area contributed by atoms with E-state index < -0.39 is 34.9 Å². The Labute approximate surface area is 190 Å². The zero-order valence-electron chi connectivity index (χ0n) is 17.7. The molecule has 33 heavy (non-hydrogen) atoms. The number of para-hydroxylation sites is 1. The smallest absolute Gasteiger partial charge is 0.301 e. The standard InChI is InChI=1S/C24H21F3N2O3S/c1-32-20-8-10-21(11-9-20)33(30,31)29(17-14-22(25)24(26)27)23-5-3-2-4-19(23)7-6-18-12-15-28-16-13-18/h2-13,15-16H,14,17H2,1H3. The Hall–Kier alpha value is -3.59. The van der Waals surface area contributed by atoms with E-state index in [1.165, 1.54) is 31.4 Å². The van der Waals surface area contributed by atoms with Crippen molar-refractivity contribution in [1.29, 1.82) is 0 Å². The van der Waals surface area contributed by atoms with Crippen LogP contribution in [-0.4, -0.2) is 27.1 Å². The number of anilines is 1. The summed E-state index contributed by atoms with van der Waals surface area (Å²) in [5.41, 5.74) is 1.57. The lowest BCUT2D eigenvalue weighted by Gasteiger charge is -2.26. The van der Waals surface area contributed by atoms with Crippen LogP contribution in [0.15, 0.2) is 89.9 Å². The van der Waals surface area contributed by atoms with Crippen molar-refractivity contribution in [2.45, 2.75) is 11.3 Å². The van der Waals surface area contributed by atoms with E-state index in [2.05, 4.69) is 4.98 Å². The minimum Gasteiger partial charge on any atom is -0.497 e. The van der Waals surface area contributed by atoms with Crippen LogP contribution in [0.3, 0.4) is 0 Å². The number of benzene rings is 2. The Morgan fingerprint density at radius 1 is 0.970 bits per heavy atom. The van der Waals surface area contributed by atoms with Gasteiger partial charge >= 0.3 is 6.08 Å². The van der Waals surface area contributed by atoms with Gasteiger partial charge in [-0.05, 0) is 53.6 Å². The van der Waals surface area contributed by atoms with Crippen molar-refractivity contribution in [3.8, 4) is 5.75 Å². The summed E-state index contributed by atoms with van der Waals surface area (Å²) in [6, 6.07) is 15.8. The molecular formula is C24H21F3N2O3S. The van der Waals surface area contributed by atoms with Gasteiger partial charge in [-0.15, -0.1) is 0 Å². The van der Waals surface area contributed by atoms with Gasteiger partial charge in [-0.3, -0.25) is 9.29 Å². The third kappa shape index (κ3) is 6.01. The van der Waals surface area contributed by atoms with Gasteiger partial charge in [0.05, 0.1) is 17.7 Å². The molecule has 2 aromatic carbocycles. The van der Waals surface area contributed by atoms with Gasteiger partial charge in [0, 0.05) is 25.4 Å². The highest BCUT2D eigenvalue weighted by Crippen LogP contribution is 2.30. The molecule has 0 N–H and O–H groups in total. The van der Waals surface area contributed by atoms with E-state index in [-0.39, 0.29) is 10.6 Å². The summed E-state index contributed by atoms with van der Waals surface area (Å²) >= 11 is 0. The van der Waals surface area contributed by atoms with Crippen molar-refractivity contribution in [2.75, 3.05) is 18.0 Å². The van der Waals surface area contributed by atoms with Crippen LogP contribution in [0.5, 0.6) is 5.75 Å². The van der Waals surface area contributed by atoms with Crippen molar-refractivity contribution in [1.82, 2.24) is 4.98 Å². The zero-order valence-corrected chi connectivity index (χ0v) is 18.5. The van der Waals surface area contributed by atoms with Gasteiger partial charge < -0.3 is 4.74 Å². The Balaban J connectivity index is 2.06. The zero-order chi connectivity index (χ0) is 23.8. The summed E-state index contributed by atoms with van der Waals surface area (Å²) in [4.78, 5) is 3.87. The van der Waals surface area contributed by atoms with Crippen LogP contribution in [0, 0.1) is 0 Å². The van der Waals surface area contributed by atoms with Gasteiger partial charge in [-0.2, -0.15) is 8.78 Å². The first kappa shape index (κ1) is 24.1. The molecule has 1 aromatic heterocycles. The van der Waals surface area contributed by atoms with Crippen molar-refractivity contribution in [3.05, 3.63) is 96.1 Å². The van der Waals surface area contributed by atoms with Gasteiger partial charge in [0.15, 0.2) is 5.83 Å². The second-order valence-corrected chi connectivity index (χ2v) is 8.70. The summed E-state index contributed by atoms with van der Waals surface area (Å²) in [6.45, 7) is -0.516. The van der Waals surface area contributed by atoms with Gasteiger partial charge in [0.1, 0.15) is 5.75 Å². The molecule has 9 heteroatoms. The van der Waals surface area contributed by atoms with Crippen LogP contribution < -0.4 is 9.04 Å². The van der Waals surface area contributed by atoms with E-state index in [1.807, 2.05) is 0 Å². The van der Waals surface area contributed by atoms with Gasteiger partial charge in [0.2, 0.25) is 0 Å². The third-order valence-electron chi connectivity index (χ3n) is 4.75. The number of ether oxygens (including phenoxy) is 1. The van der Waals surface area contributed by atoms with Gasteiger partial charge in [-0.25, -0.2) is 12.8 Å². The van der Waals surface area contributed by atoms with Crippen LogP contribution in [0.4, 0.5) is 18.9 Å². The molecule has 172 valence electrons. The van der Waals surface area contributed by atoms with Crippen LogP contribution >= 0.6 is 0 Å². The Morgan fingerprint density at radius 3 is 2.27 bits per heavy atom. The number of pyridine rings is 1. The normalized spacial score (nSPS) is 11.4. The molecule has 0 aliphatic rings. The van der Waals surface area contributed by atoms with Crippen LogP contribution in [0.2, 0.25) is 0 Å². The van der Waals surface area contributed by atoms with E-state index in [1.54, 1.807) is 60.9 Å². The lowest BCUT2D eigenvalue weighted by atomic mass is 10.1. The van der Waals surface area contributed by atoms with Crippen molar-refractivity contribution in [3.63, 3.8) is 0 Å². The van der Waals surface area contributed by atoms with Crippen LogP contribution in [0.1, 0.15) is 17.5 Å². The van der Waals surface area contributed by atoms with E-state index in [4.69, 9.17) is 4.74 Å². The number of hydrogen-bond donors (Lipinski definition) is 0. The summed E-state index contributed by atoms with van der Waals surface area (Å²) in [7, 11) is -2.76. The van der Waals surface area contributed by atoms with Crippen molar-refractivity contribution >= 4 is 27.9 Å². The minimum absolute atomic E-state index is 0.0821. The minimum atomic E-state index is -4.21. The lowest BCUT2D eigenvalue weighted by Crippen LogP contribution is -2.32. The molecule has 0 unspecified atom stereocenters. The van der Waals surface area contributed by atoms with E-state index in [0.717, 1.165) is 9.87 Å². The van der Waals surface area contributed by atoms with E-state index >= 15 is 0 Å². The van der Waals surface area contributed by atoms with Crippen LogP contribution in [-0.2, 0) is 10.0 Å². The number of rotatable bonds is 9. The maximum absolute atomic E-state index is 13.6. The summed E-state index contributed by atoms with van der Waals surface area (Å²) in [6.07, 6.45) is 3.45. The molecule has 0 fully saturated rings. The first-order valence-corrected chi connectivity index (χ1v) is 11.3. The predicted octanol–water partition coefficient (Wildman–Crippen LogP) is 5.92. The Kier molecular flexibility index (Phi) is 7.89. The molecule has 0 spiro atoms. The average molecular weight is 475 g/mol. The maximum atomic E-state index is 13.6. The predicted molar refractivity (Wildman–Crippen MR) is 122 cm³/mol. The second kappa shape index (κ2) is 10.8. The molecule has 0 saturated carbocycles. The number of sulfonamides is 1.